The third-order valence-electron chi connectivity index (χ3n) is 5.05. The van der Waals surface area contributed by atoms with Crippen molar-refractivity contribution in [2.24, 2.45) is 5.90 Å². The van der Waals surface area contributed by atoms with Crippen LogP contribution in [0, 0.1) is 0 Å². The van der Waals surface area contributed by atoms with Gasteiger partial charge < -0.3 is 20.0 Å². The Morgan fingerprint density at radius 2 is 1.76 bits per heavy atom. The van der Waals surface area contributed by atoms with Crippen LogP contribution < -0.4 is 10.6 Å². The highest BCUT2D eigenvalue weighted by molar-refractivity contribution is 7.92. The van der Waals surface area contributed by atoms with E-state index in [0.29, 0.717) is 18.6 Å². The van der Waals surface area contributed by atoms with E-state index in [9.17, 15) is 18.3 Å². The Morgan fingerprint density at radius 1 is 1.14 bits per heavy atom. The number of sulfone groups is 1. The molecule has 0 radical (unpaired) electrons. The van der Waals surface area contributed by atoms with Crippen LogP contribution in [-0.4, -0.2) is 54.7 Å². The Morgan fingerprint density at radius 3 is 2.31 bits per heavy atom. The maximum Gasteiger partial charge on any atom is 0.407 e. The van der Waals surface area contributed by atoms with Gasteiger partial charge in [-0.2, -0.15) is 0 Å². The molecule has 0 aromatic heterocycles. The Balaban J connectivity index is 0.00000145. The molecule has 2 aromatic rings. The summed E-state index contributed by atoms with van der Waals surface area (Å²) < 4.78 is 31.2. The van der Waals surface area contributed by atoms with Crippen LogP contribution in [0.4, 0.5) is 4.79 Å². The molecule has 2 atom stereocenters. The number of hydrogen-bond donors (Lipinski definition) is 3. The highest BCUT2D eigenvalue weighted by Crippen LogP contribution is 2.30. The number of rotatable bonds is 5. The molecular weight excluding hydrogens is 396 g/mol. The van der Waals surface area contributed by atoms with E-state index in [4.69, 9.17) is 9.94 Å². The topological polar surface area (TPSA) is 130 Å². The monoisotopic (exact) mass is 422 g/mol. The van der Waals surface area contributed by atoms with E-state index in [1.54, 1.807) is 24.3 Å². The summed E-state index contributed by atoms with van der Waals surface area (Å²) in [5, 5.41) is 15.4. The van der Waals surface area contributed by atoms with Gasteiger partial charge in [0.25, 0.3) is 0 Å². The summed E-state index contributed by atoms with van der Waals surface area (Å²) in [6.45, 7) is 0.215. The zero-order chi connectivity index (χ0) is 21.4. The van der Waals surface area contributed by atoms with Crippen molar-refractivity contribution in [3.05, 3.63) is 60.2 Å². The molecule has 29 heavy (non-hydrogen) atoms. The van der Waals surface area contributed by atoms with Gasteiger partial charge in [-0.25, -0.2) is 19.1 Å². The molecule has 0 spiro atoms. The van der Waals surface area contributed by atoms with Crippen LogP contribution in [0.3, 0.4) is 0 Å². The lowest BCUT2D eigenvalue weighted by molar-refractivity contribution is 0.107. The molecule has 8 nitrogen and oxygen atoms in total. The summed E-state index contributed by atoms with van der Waals surface area (Å²) in [5.41, 5.74) is 0.997. The third-order valence-corrected chi connectivity index (χ3v) is 7.29. The van der Waals surface area contributed by atoms with Crippen molar-refractivity contribution in [2.75, 3.05) is 13.7 Å². The number of ether oxygens (including phenoxy) is 1. The van der Waals surface area contributed by atoms with E-state index in [0.717, 1.165) is 5.56 Å². The number of amides is 1. The van der Waals surface area contributed by atoms with Crippen LogP contribution in [0.15, 0.2) is 59.5 Å². The van der Waals surface area contributed by atoms with Crippen LogP contribution in [0.2, 0.25) is 0 Å². The zero-order valence-corrected chi connectivity index (χ0v) is 17.0. The number of piperidine rings is 1. The smallest absolute Gasteiger partial charge is 0.407 e. The lowest BCUT2D eigenvalue weighted by Gasteiger charge is -2.37. The minimum absolute atomic E-state index is 0.215. The van der Waals surface area contributed by atoms with Crippen LogP contribution in [0.5, 0.6) is 5.75 Å². The Kier molecular flexibility index (Phi) is 8.00. The number of carboxylic acid groups (broad SMARTS) is 1. The van der Waals surface area contributed by atoms with E-state index in [-0.39, 0.29) is 23.9 Å². The number of benzene rings is 2. The van der Waals surface area contributed by atoms with Crippen LogP contribution in [0.1, 0.15) is 18.4 Å². The molecule has 0 aliphatic carbocycles. The van der Waals surface area contributed by atoms with E-state index >= 15 is 0 Å². The van der Waals surface area contributed by atoms with Crippen molar-refractivity contribution in [1.29, 1.82) is 0 Å². The van der Waals surface area contributed by atoms with Crippen LogP contribution >= 0.6 is 0 Å². The maximum absolute atomic E-state index is 13.1. The number of nitrogens with zero attached hydrogens (tertiary/aromatic N) is 1. The van der Waals surface area contributed by atoms with Crippen molar-refractivity contribution in [3.63, 3.8) is 0 Å². The van der Waals surface area contributed by atoms with Crippen LogP contribution in [0.25, 0.3) is 0 Å². The molecule has 3 rings (SSSR count). The molecule has 1 aliphatic heterocycles. The van der Waals surface area contributed by atoms with Gasteiger partial charge in [0.05, 0.1) is 17.3 Å². The van der Waals surface area contributed by atoms with Gasteiger partial charge in [-0.15, -0.1) is 0 Å². The van der Waals surface area contributed by atoms with Gasteiger partial charge in [0, 0.05) is 12.6 Å². The number of likely N-dealkylation sites (tertiary alicyclic amines) is 1. The van der Waals surface area contributed by atoms with Gasteiger partial charge in [0.15, 0.2) is 9.84 Å². The predicted octanol–water partition coefficient (Wildman–Crippen LogP) is 2.56. The fraction of sp³-hybridized carbons (Fsp3) is 0.350. The van der Waals surface area contributed by atoms with Crippen molar-refractivity contribution >= 4 is 15.9 Å². The van der Waals surface area contributed by atoms with E-state index in [1.165, 1.54) is 12.0 Å². The molecule has 4 N–H and O–H groups in total. The predicted molar refractivity (Wildman–Crippen MR) is 108 cm³/mol. The molecular formula is C20H26N2O6S. The number of nitrogens with two attached hydrogens (primary N) is 1. The summed E-state index contributed by atoms with van der Waals surface area (Å²) in [5.74, 6) is 4.09. The molecule has 9 heteroatoms. The molecule has 1 heterocycles. The summed E-state index contributed by atoms with van der Waals surface area (Å²) in [7, 11) is -2.01. The van der Waals surface area contributed by atoms with Gasteiger partial charge >= 0.3 is 6.09 Å². The van der Waals surface area contributed by atoms with E-state index in [2.05, 4.69) is 5.90 Å². The summed E-state index contributed by atoms with van der Waals surface area (Å²) in [4.78, 5) is 13.2. The molecule has 0 bridgehead atoms. The van der Waals surface area contributed by atoms with Gasteiger partial charge in [0.2, 0.25) is 0 Å². The SMILES string of the molecule is COc1ccc(S(=O)(=O)C2CCN(C(=O)O)C(Cc3ccccc3)C2)cc1.NO. The largest absolute Gasteiger partial charge is 0.497 e. The Bertz CT molecular complexity index is 887. The molecule has 1 saturated heterocycles. The van der Waals surface area contributed by atoms with E-state index in [1.807, 2.05) is 30.3 Å². The Labute approximate surface area is 170 Å². The van der Waals surface area contributed by atoms with Gasteiger partial charge in [-0.05, 0) is 49.1 Å². The number of methoxy groups -OCH3 is 1. The first kappa shape index (κ1) is 22.7. The fourth-order valence-corrected chi connectivity index (χ4v) is 5.38. The molecule has 158 valence electrons. The quantitative estimate of drug-likeness (QED) is 0.631. The number of hydrogen-bond acceptors (Lipinski definition) is 6. The third kappa shape index (κ3) is 5.47. The Hall–Kier alpha value is -2.62. The first-order valence-electron chi connectivity index (χ1n) is 9.09. The van der Waals surface area contributed by atoms with Crippen molar-refractivity contribution in [1.82, 2.24) is 4.90 Å². The van der Waals surface area contributed by atoms with Gasteiger partial charge in [0.1, 0.15) is 5.75 Å². The summed E-state index contributed by atoms with van der Waals surface area (Å²) in [6.07, 6.45) is 0.0831. The highest BCUT2D eigenvalue weighted by atomic mass is 32.2. The lowest BCUT2D eigenvalue weighted by Crippen LogP contribution is -2.49. The second-order valence-electron chi connectivity index (χ2n) is 6.69. The molecule has 1 fully saturated rings. The molecule has 1 aliphatic rings. The summed E-state index contributed by atoms with van der Waals surface area (Å²) >= 11 is 0. The minimum Gasteiger partial charge on any atom is -0.497 e. The summed E-state index contributed by atoms with van der Waals surface area (Å²) in [6, 6.07) is 15.5. The molecule has 2 unspecified atom stereocenters. The average Bonchev–Trinajstić information content (AvgIpc) is 2.75. The van der Waals surface area contributed by atoms with Crippen LogP contribution in [-0.2, 0) is 16.3 Å². The van der Waals surface area contributed by atoms with Gasteiger partial charge in [-0.3, -0.25) is 0 Å². The average molecular weight is 423 g/mol. The van der Waals surface area contributed by atoms with E-state index < -0.39 is 21.2 Å². The number of carbonyl (C=O) groups is 1. The second-order valence-corrected chi connectivity index (χ2v) is 8.91. The van der Waals surface area contributed by atoms with Crippen molar-refractivity contribution in [3.8, 4) is 5.75 Å². The molecule has 1 amide bonds. The molecule has 0 saturated carbocycles. The second kappa shape index (κ2) is 10.2. The fourth-order valence-electron chi connectivity index (χ4n) is 3.59. The van der Waals surface area contributed by atoms with Crippen molar-refractivity contribution in [2.45, 2.75) is 35.4 Å². The zero-order valence-electron chi connectivity index (χ0n) is 16.1. The normalized spacial score (nSPS) is 19.1. The first-order chi connectivity index (χ1) is 13.9. The minimum atomic E-state index is -3.54. The maximum atomic E-state index is 13.1. The van der Waals surface area contributed by atoms with Crippen molar-refractivity contribution < 1.29 is 28.3 Å². The first-order valence-corrected chi connectivity index (χ1v) is 10.6. The van der Waals surface area contributed by atoms with Gasteiger partial charge in [-0.1, -0.05) is 30.3 Å². The lowest BCUT2D eigenvalue weighted by atomic mass is 9.95. The standard InChI is InChI=1S/C20H23NO5S.H3NO/c1-26-17-7-9-18(10-8-17)27(24,25)19-11-12-21(20(22)23)16(14-19)13-15-5-3-2-4-6-15;1-2/h2-10,16,19H,11-14H2,1H3,(H,22,23);2H,1H2. The highest BCUT2D eigenvalue weighted by Gasteiger charge is 2.38. The molecule has 2 aromatic carbocycles.